The molecule has 0 spiro atoms. The third-order valence-electron chi connectivity index (χ3n) is 4.88. The fraction of sp³-hybridized carbons (Fsp3) is 0.333. The molecular formula is C18H19N5O5. The number of carbonyl (C=O) groups is 1. The van der Waals surface area contributed by atoms with Crippen molar-refractivity contribution in [2.75, 3.05) is 25.7 Å². The Morgan fingerprint density at radius 1 is 1.21 bits per heavy atom. The van der Waals surface area contributed by atoms with Crippen LogP contribution in [0.3, 0.4) is 0 Å². The Labute approximate surface area is 159 Å². The van der Waals surface area contributed by atoms with Crippen LogP contribution in [0.5, 0.6) is 5.75 Å². The normalized spacial score (nSPS) is 13.0. The molecule has 146 valence electrons. The van der Waals surface area contributed by atoms with Crippen LogP contribution < -0.4 is 20.9 Å². The molecule has 1 aromatic carbocycles. The van der Waals surface area contributed by atoms with Crippen LogP contribution in [-0.4, -0.2) is 45.4 Å². The molecule has 0 N–H and O–H groups in total. The Balaban J connectivity index is 1.90. The van der Waals surface area contributed by atoms with E-state index in [1.807, 2.05) is 29.2 Å². The monoisotopic (exact) mass is 385 g/mol. The number of benzene rings is 1. The van der Waals surface area contributed by atoms with Gasteiger partial charge in [0, 0.05) is 31.9 Å². The molecule has 3 heterocycles. The van der Waals surface area contributed by atoms with Gasteiger partial charge in [-0.15, -0.1) is 0 Å². The minimum Gasteiger partial charge on any atom is -0.497 e. The summed E-state index contributed by atoms with van der Waals surface area (Å²) in [4.78, 5) is 43.7. The Morgan fingerprint density at radius 3 is 2.71 bits per heavy atom. The van der Waals surface area contributed by atoms with Gasteiger partial charge in [-0.2, -0.15) is 4.98 Å². The summed E-state index contributed by atoms with van der Waals surface area (Å²) in [6.07, 6.45) is 0. The lowest BCUT2D eigenvalue weighted by molar-refractivity contribution is -0.141. The highest BCUT2D eigenvalue weighted by atomic mass is 16.5. The Bertz CT molecular complexity index is 1210. The molecule has 10 heteroatoms. The first-order chi connectivity index (χ1) is 13.5. The summed E-state index contributed by atoms with van der Waals surface area (Å²) >= 11 is 0. The molecule has 0 saturated heterocycles. The first-order valence-corrected chi connectivity index (χ1v) is 8.64. The lowest BCUT2D eigenvalue weighted by Gasteiger charge is -2.16. The molecule has 2 aromatic heterocycles. The smallest absolute Gasteiger partial charge is 0.333 e. The number of anilines is 2. The van der Waals surface area contributed by atoms with Crippen molar-refractivity contribution in [3.05, 3.63) is 45.1 Å². The number of imidazole rings is 1. The largest absolute Gasteiger partial charge is 0.497 e. The maximum atomic E-state index is 13.0. The van der Waals surface area contributed by atoms with Gasteiger partial charge >= 0.3 is 11.7 Å². The van der Waals surface area contributed by atoms with Crippen molar-refractivity contribution >= 4 is 28.8 Å². The van der Waals surface area contributed by atoms with E-state index < -0.39 is 23.8 Å². The van der Waals surface area contributed by atoms with E-state index in [-0.39, 0.29) is 11.2 Å². The van der Waals surface area contributed by atoms with Gasteiger partial charge in [-0.25, -0.2) is 9.36 Å². The fourth-order valence-electron chi connectivity index (χ4n) is 3.43. The van der Waals surface area contributed by atoms with E-state index in [1.165, 1.54) is 18.7 Å². The summed E-state index contributed by atoms with van der Waals surface area (Å²) in [5, 5.41) is 0. The fourth-order valence-corrected chi connectivity index (χ4v) is 3.43. The van der Waals surface area contributed by atoms with Gasteiger partial charge in [-0.05, 0) is 12.1 Å². The van der Waals surface area contributed by atoms with Crippen LogP contribution in [0.4, 0.5) is 11.6 Å². The van der Waals surface area contributed by atoms with Crippen molar-refractivity contribution in [3.63, 3.8) is 0 Å². The summed E-state index contributed by atoms with van der Waals surface area (Å²) in [7, 11) is 4.33. The highest BCUT2D eigenvalue weighted by Crippen LogP contribution is 2.33. The highest BCUT2D eigenvalue weighted by molar-refractivity contribution is 5.78. The van der Waals surface area contributed by atoms with Gasteiger partial charge in [0.2, 0.25) is 5.95 Å². The predicted octanol–water partition coefficient (Wildman–Crippen LogP) is 0.230. The van der Waals surface area contributed by atoms with Gasteiger partial charge in [0.25, 0.3) is 5.56 Å². The Morgan fingerprint density at radius 2 is 2.00 bits per heavy atom. The zero-order valence-electron chi connectivity index (χ0n) is 15.7. The quantitative estimate of drug-likeness (QED) is 0.593. The van der Waals surface area contributed by atoms with Crippen LogP contribution in [0.15, 0.2) is 33.9 Å². The molecule has 4 rings (SSSR count). The van der Waals surface area contributed by atoms with E-state index in [4.69, 9.17) is 4.74 Å². The molecule has 0 saturated carbocycles. The maximum absolute atomic E-state index is 13.0. The summed E-state index contributed by atoms with van der Waals surface area (Å²) < 4.78 is 13.8. The van der Waals surface area contributed by atoms with E-state index in [0.717, 1.165) is 10.3 Å². The van der Waals surface area contributed by atoms with Gasteiger partial charge in [0.15, 0.2) is 11.2 Å². The number of methoxy groups -OCH3 is 2. The maximum Gasteiger partial charge on any atom is 0.333 e. The number of aromatic nitrogens is 4. The molecule has 0 atom stereocenters. The minimum atomic E-state index is -0.669. The highest BCUT2D eigenvalue weighted by Gasteiger charge is 2.29. The predicted molar refractivity (Wildman–Crippen MR) is 101 cm³/mol. The number of aryl methyl sites for hydroxylation is 1. The molecule has 3 aromatic rings. The number of ether oxygens (including phenoxy) is 2. The molecule has 0 unspecified atom stereocenters. The lowest BCUT2D eigenvalue weighted by Crippen LogP contribution is -2.41. The second-order valence-electron chi connectivity index (χ2n) is 6.40. The standard InChI is InChI=1S/C18H19N5O5/c1-20-15-14(16(25)23(18(20)26)10-13(24)28-3)22-8-7-21(17(22)19-15)11-5-4-6-12(9-11)27-2/h4-6,9H,7-8,10H2,1-3H3. The van der Waals surface area contributed by atoms with E-state index >= 15 is 0 Å². The van der Waals surface area contributed by atoms with Gasteiger partial charge in [0.1, 0.15) is 12.3 Å². The summed E-state index contributed by atoms with van der Waals surface area (Å²) in [5.74, 6) is 0.601. The first-order valence-electron chi connectivity index (χ1n) is 8.64. The molecule has 1 aliphatic heterocycles. The Hall–Kier alpha value is -3.56. The number of esters is 1. The van der Waals surface area contributed by atoms with Crippen LogP contribution in [0.2, 0.25) is 0 Å². The number of fused-ring (bicyclic) bond motifs is 3. The second-order valence-corrected chi connectivity index (χ2v) is 6.40. The molecule has 0 fully saturated rings. The SMILES string of the molecule is COC(=O)Cn1c(=O)c2c(nc3n2CCN3c2cccc(OC)c2)n(C)c1=O. The number of hydrogen-bond acceptors (Lipinski definition) is 7. The van der Waals surface area contributed by atoms with Crippen LogP contribution in [0.25, 0.3) is 11.2 Å². The topological polar surface area (TPSA) is 101 Å². The van der Waals surface area contributed by atoms with Crippen molar-refractivity contribution < 1.29 is 14.3 Å². The molecule has 0 radical (unpaired) electrons. The Kier molecular flexibility index (Phi) is 4.17. The summed E-state index contributed by atoms with van der Waals surface area (Å²) in [6.45, 7) is 0.692. The lowest BCUT2D eigenvalue weighted by atomic mass is 10.3. The minimum absolute atomic E-state index is 0.277. The van der Waals surface area contributed by atoms with Crippen molar-refractivity contribution in [2.24, 2.45) is 7.05 Å². The third kappa shape index (κ3) is 2.56. The van der Waals surface area contributed by atoms with Crippen molar-refractivity contribution in [1.29, 1.82) is 0 Å². The van der Waals surface area contributed by atoms with Gasteiger partial charge in [-0.3, -0.25) is 14.2 Å². The second kappa shape index (κ2) is 6.55. The average molecular weight is 385 g/mol. The van der Waals surface area contributed by atoms with Crippen LogP contribution in [-0.2, 0) is 29.7 Å². The molecule has 0 aliphatic carbocycles. The van der Waals surface area contributed by atoms with E-state index in [0.29, 0.717) is 24.8 Å². The zero-order valence-corrected chi connectivity index (χ0v) is 15.7. The average Bonchev–Trinajstić information content (AvgIpc) is 3.28. The van der Waals surface area contributed by atoms with Crippen molar-refractivity contribution in [1.82, 2.24) is 18.7 Å². The molecule has 0 amide bonds. The van der Waals surface area contributed by atoms with E-state index in [9.17, 15) is 14.4 Å². The van der Waals surface area contributed by atoms with Crippen LogP contribution >= 0.6 is 0 Å². The van der Waals surface area contributed by atoms with Crippen molar-refractivity contribution in [2.45, 2.75) is 13.1 Å². The molecule has 0 bridgehead atoms. The molecule has 28 heavy (non-hydrogen) atoms. The van der Waals surface area contributed by atoms with E-state index in [1.54, 1.807) is 11.7 Å². The number of carbonyl (C=O) groups excluding carboxylic acids is 1. The van der Waals surface area contributed by atoms with E-state index in [2.05, 4.69) is 9.72 Å². The molecule has 1 aliphatic rings. The summed E-state index contributed by atoms with van der Waals surface area (Å²) in [5.41, 5.74) is 0.251. The van der Waals surface area contributed by atoms with Crippen LogP contribution in [0.1, 0.15) is 0 Å². The summed E-state index contributed by atoms with van der Waals surface area (Å²) in [6, 6.07) is 7.52. The van der Waals surface area contributed by atoms with Crippen LogP contribution in [0, 0.1) is 0 Å². The first kappa shape index (κ1) is 17.8. The molecule has 10 nitrogen and oxygen atoms in total. The number of rotatable bonds is 4. The van der Waals surface area contributed by atoms with Gasteiger partial charge in [-0.1, -0.05) is 6.07 Å². The number of hydrogen-bond donors (Lipinski definition) is 0. The number of nitrogens with zero attached hydrogens (tertiary/aromatic N) is 5. The molecular weight excluding hydrogens is 366 g/mol. The van der Waals surface area contributed by atoms with Gasteiger partial charge in [0.05, 0.1) is 14.2 Å². The zero-order chi connectivity index (χ0) is 20.0. The van der Waals surface area contributed by atoms with Crippen molar-refractivity contribution in [3.8, 4) is 5.75 Å². The van der Waals surface area contributed by atoms with Gasteiger partial charge < -0.3 is 18.9 Å². The third-order valence-corrected chi connectivity index (χ3v) is 4.88.